The Kier molecular flexibility index (Phi) is 4.28. The van der Waals surface area contributed by atoms with Gasteiger partial charge in [-0.25, -0.2) is 9.37 Å². The number of aromatic nitrogens is 5. The highest BCUT2D eigenvalue weighted by Gasteiger charge is 2.16. The Morgan fingerprint density at radius 3 is 2.55 bits per heavy atom. The van der Waals surface area contributed by atoms with Crippen molar-refractivity contribution in [3.05, 3.63) is 66.2 Å². The van der Waals surface area contributed by atoms with E-state index in [2.05, 4.69) is 31.4 Å². The fourth-order valence-corrected chi connectivity index (χ4v) is 4.38. The molecule has 6 nitrogen and oxygen atoms in total. The van der Waals surface area contributed by atoms with E-state index in [4.69, 9.17) is 4.98 Å². The van der Waals surface area contributed by atoms with Gasteiger partial charge in [-0.3, -0.25) is 15.1 Å². The molecule has 1 saturated heterocycles. The van der Waals surface area contributed by atoms with Gasteiger partial charge in [-0.1, -0.05) is 18.2 Å². The van der Waals surface area contributed by atoms with Crippen molar-refractivity contribution in [2.45, 2.75) is 19.4 Å². The molecule has 5 aromatic rings. The number of halogens is 1. The molecule has 3 aromatic carbocycles. The molecule has 0 spiro atoms. The first-order valence-electron chi connectivity index (χ1n) is 10.5. The molecule has 0 bridgehead atoms. The van der Waals surface area contributed by atoms with E-state index in [0.717, 1.165) is 64.0 Å². The molecular formula is C24H21FN6. The highest BCUT2D eigenvalue weighted by molar-refractivity contribution is 5.97. The van der Waals surface area contributed by atoms with Gasteiger partial charge in [0.1, 0.15) is 11.6 Å². The zero-order chi connectivity index (χ0) is 20.8. The van der Waals surface area contributed by atoms with Crippen LogP contribution in [-0.4, -0.2) is 43.4 Å². The van der Waals surface area contributed by atoms with Gasteiger partial charge in [-0.05, 0) is 73.1 Å². The lowest BCUT2D eigenvalue weighted by molar-refractivity contribution is 0.323. The summed E-state index contributed by atoms with van der Waals surface area (Å²) in [4.78, 5) is 7.11. The van der Waals surface area contributed by atoms with E-state index in [-0.39, 0.29) is 5.82 Å². The van der Waals surface area contributed by atoms with Crippen LogP contribution in [-0.2, 0) is 6.54 Å². The Morgan fingerprint density at radius 1 is 0.839 bits per heavy atom. The third-order valence-corrected chi connectivity index (χ3v) is 6.00. The zero-order valence-corrected chi connectivity index (χ0v) is 16.9. The van der Waals surface area contributed by atoms with E-state index in [0.29, 0.717) is 5.82 Å². The van der Waals surface area contributed by atoms with Crippen molar-refractivity contribution in [2.24, 2.45) is 0 Å². The van der Waals surface area contributed by atoms with Crippen LogP contribution in [0.1, 0.15) is 18.7 Å². The molecule has 0 radical (unpaired) electrons. The predicted molar refractivity (Wildman–Crippen MR) is 119 cm³/mol. The predicted octanol–water partition coefficient (Wildman–Crippen LogP) is 4.90. The summed E-state index contributed by atoms with van der Waals surface area (Å²) in [7, 11) is 0. The number of rotatable bonds is 4. The molecule has 154 valence electrons. The van der Waals surface area contributed by atoms with Crippen molar-refractivity contribution in [1.29, 1.82) is 0 Å². The van der Waals surface area contributed by atoms with Gasteiger partial charge in [0.2, 0.25) is 0 Å². The second-order valence-corrected chi connectivity index (χ2v) is 8.13. The van der Waals surface area contributed by atoms with Gasteiger partial charge in [0, 0.05) is 16.5 Å². The molecule has 0 aliphatic carbocycles. The lowest BCUT2D eigenvalue weighted by atomic mass is 10.0. The molecule has 3 heterocycles. The van der Waals surface area contributed by atoms with E-state index in [1.165, 1.54) is 18.9 Å². The third kappa shape index (κ3) is 3.37. The molecule has 7 heteroatoms. The first-order chi connectivity index (χ1) is 15.2. The van der Waals surface area contributed by atoms with Crippen molar-refractivity contribution in [1.82, 2.24) is 30.3 Å². The molecule has 2 N–H and O–H groups in total. The standard InChI is InChI=1S/C24H21FN6/c25-19-7-5-15-11-17(4-3-16(15)12-19)23-20-13-18(6-8-21(20)27-29-23)24-26-22(28-30-24)14-31-9-1-2-10-31/h3-8,11-13H,1-2,9-10,14H2,(H,27,29)(H,26,28,30). The van der Waals surface area contributed by atoms with Gasteiger partial charge in [0.05, 0.1) is 17.8 Å². The summed E-state index contributed by atoms with van der Waals surface area (Å²) in [6.07, 6.45) is 2.51. The van der Waals surface area contributed by atoms with E-state index >= 15 is 0 Å². The van der Waals surface area contributed by atoms with Crippen LogP contribution in [0.2, 0.25) is 0 Å². The molecule has 0 amide bonds. The smallest absolute Gasteiger partial charge is 0.181 e. The van der Waals surface area contributed by atoms with Crippen molar-refractivity contribution in [3.63, 3.8) is 0 Å². The van der Waals surface area contributed by atoms with Crippen LogP contribution in [0, 0.1) is 5.82 Å². The number of hydrogen-bond acceptors (Lipinski definition) is 4. The van der Waals surface area contributed by atoms with Gasteiger partial charge < -0.3 is 0 Å². The fourth-order valence-electron chi connectivity index (χ4n) is 4.38. The van der Waals surface area contributed by atoms with E-state index in [1.54, 1.807) is 12.1 Å². The number of fused-ring (bicyclic) bond motifs is 2. The Labute approximate surface area is 178 Å². The maximum Gasteiger partial charge on any atom is 0.181 e. The molecule has 0 atom stereocenters. The van der Waals surface area contributed by atoms with Gasteiger partial charge in [0.15, 0.2) is 5.82 Å². The third-order valence-electron chi connectivity index (χ3n) is 6.00. The highest BCUT2D eigenvalue weighted by Crippen LogP contribution is 2.31. The van der Waals surface area contributed by atoms with Crippen molar-refractivity contribution < 1.29 is 4.39 Å². The summed E-state index contributed by atoms with van der Waals surface area (Å²) >= 11 is 0. The molecule has 2 aromatic heterocycles. The molecular weight excluding hydrogens is 391 g/mol. The monoisotopic (exact) mass is 412 g/mol. The van der Waals surface area contributed by atoms with Crippen LogP contribution in [0.4, 0.5) is 4.39 Å². The normalized spacial score (nSPS) is 14.7. The largest absolute Gasteiger partial charge is 0.296 e. The number of aromatic amines is 2. The van der Waals surface area contributed by atoms with Gasteiger partial charge >= 0.3 is 0 Å². The van der Waals surface area contributed by atoms with Gasteiger partial charge in [-0.2, -0.15) is 10.2 Å². The molecule has 0 unspecified atom stereocenters. The molecule has 1 fully saturated rings. The quantitative estimate of drug-likeness (QED) is 0.440. The summed E-state index contributed by atoms with van der Waals surface area (Å²) in [5.74, 6) is 1.36. The van der Waals surface area contributed by atoms with E-state index < -0.39 is 0 Å². The molecule has 31 heavy (non-hydrogen) atoms. The van der Waals surface area contributed by atoms with Crippen LogP contribution in [0.15, 0.2) is 54.6 Å². The fraction of sp³-hybridized carbons (Fsp3) is 0.208. The first-order valence-corrected chi connectivity index (χ1v) is 10.5. The molecule has 1 aliphatic heterocycles. The van der Waals surface area contributed by atoms with E-state index in [1.807, 2.05) is 30.3 Å². The lowest BCUT2D eigenvalue weighted by Gasteiger charge is -2.11. The number of hydrogen-bond donors (Lipinski definition) is 2. The minimum absolute atomic E-state index is 0.231. The Bertz CT molecular complexity index is 1400. The number of benzene rings is 3. The summed E-state index contributed by atoms with van der Waals surface area (Å²) < 4.78 is 13.5. The Hall–Kier alpha value is -3.58. The summed E-state index contributed by atoms with van der Waals surface area (Å²) in [5, 5.41) is 18.0. The minimum Gasteiger partial charge on any atom is -0.296 e. The van der Waals surface area contributed by atoms with E-state index in [9.17, 15) is 4.39 Å². The number of H-pyrrole nitrogens is 2. The second-order valence-electron chi connectivity index (χ2n) is 8.13. The zero-order valence-electron chi connectivity index (χ0n) is 16.9. The lowest BCUT2D eigenvalue weighted by Crippen LogP contribution is -2.19. The molecule has 6 rings (SSSR count). The van der Waals surface area contributed by atoms with Crippen molar-refractivity contribution in [3.8, 4) is 22.6 Å². The van der Waals surface area contributed by atoms with Gasteiger partial charge in [-0.15, -0.1) is 0 Å². The highest BCUT2D eigenvalue weighted by atomic mass is 19.1. The average molecular weight is 412 g/mol. The number of likely N-dealkylation sites (tertiary alicyclic amines) is 1. The maximum absolute atomic E-state index is 13.5. The molecule has 0 saturated carbocycles. The minimum atomic E-state index is -0.231. The number of nitrogens with zero attached hydrogens (tertiary/aromatic N) is 4. The van der Waals surface area contributed by atoms with Crippen LogP contribution in [0.3, 0.4) is 0 Å². The number of nitrogens with one attached hydrogen (secondary N) is 2. The Morgan fingerprint density at radius 2 is 1.65 bits per heavy atom. The van der Waals surface area contributed by atoms with Crippen LogP contribution in [0.5, 0.6) is 0 Å². The maximum atomic E-state index is 13.5. The Balaban J connectivity index is 1.36. The average Bonchev–Trinajstić information content (AvgIpc) is 3.54. The SMILES string of the molecule is Fc1ccc2cc(-c3n[nH]c4ccc(-c5n[nH]c(CN6CCCC6)n5)cc34)ccc2c1. The van der Waals surface area contributed by atoms with Crippen molar-refractivity contribution in [2.75, 3.05) is 13.1 Å². The molecule has 1 aliphatic rings. The van der Waals surface area contributed by atoms with Gasteiger partial charge in [0.25, 0.3) is 0 Å². The van der Waals surface area contributed by atoms with Crippen LogP contribution >= 0.6 is 0 Å². The summed E-state index contributed by atoms with van der Waals surface area (Å²) in [6, 6.07) is 16.9. The topological polar surface area (TPSA) is 73.5 Å². The summed E-state index contributed by atoms with van der Waals surface area (Å²) in [5.41, 5.74) is 3.73. The van der Waals surface area contributed by atoms with Crippen LogP contribution < -0.4 is 0 Å². The van der Waals surface area contributed by atoms with Crippen molar-refractivity contribution >= 4 is 21.7 Å². The second kappa shape index (κ2) is 7.28. The summed E-state index contributed by atoms with van der Waals surface area (Å²) in [6.45, 7) is 3.06. The first kappa shape index (κ1) is 18.2. The van der Waals surface area contributed by atoms with Crippen LogP contribution in [0.25, 0.3) is 44.3 Å².